The van der Waals surface area contributed by atoms with E-state index in [4.69, 9.17) is 9.84 Å². The number of carbonyl (C=O) groups excluding carboxylic acids is 1. The highest BCUT2D eigenvalue weighted by atomic mass is 16.6. The third-order valence-corrected chi connectivity index (χ3v) is 3.59. The highest BCUT2D eigenvalue weighted by molar-refractivity contribution is 5.69. The molecule has 0 radical (unpaired) electrons. The van der Waals surface area contributed by atoms with E-state index in [1.807, 2.05) is 20.8 Å². The Hall–Kier alpha value is -1.30. The van der Waals surface area contributed by atoms with Crippen LogP contribution in [0.2, 0.25) is 0 Å². The minimum atomic E-state index is -0.772. The van der Waals surface area contributed by atoms with E-state index in [1.165, 1.54) is 0 Å². The van der Waals surface area contributed by atoms with Gasteiger partial charge < -0.3 is 14.7 Å². The summed E-state index contributed by atoms with van der Waals surface area (Å²) in [5, 5.41) is 8.70. The largest absolute Gasteiger partial charge is 0.481 e. The summed E-state index contributed by atoms with van der Waals surface area (Å²) in [7, 11) is 0. The fourth-order valence-corrected chi connectivity index (χ4v) is 2.81. The van der Waals surface area contributed by atoms with Crippen LogP contribution in [0.4, 0.5) is 4.79 Å². The van der Waals surface area contributed by atoms with Gasteiger partial charge in [-0.05, 0) is 27.2 Å². The molecule has 2 heterocycles. The summed E-state index contributed by atoms with van der Waals surface area (Å²) in [6.45, 7) is 7.56. The third kappa shape index (κ3) is 3.37. The molecular formula is C13H22N2O4. The van der Waals surface area contributed by atoms with Gasteiger partial charge in [-0.2, -0.15) is 0 Å². The number of rotatable bonds is 3. The average molecular weight is 270 g/mol. The van der Waals surface area contributed by atoms with Crippen molar-refractivity contribution in [3.8, 4) is 0 Å². The molecule has 2 saturated heterocycles. The Morgan fingerprint density at radius 2 is 1.95 bits per heavy atom. The van der Waals surface area contributed by atoms with E-state index in [-0.39, 0.29) is 24.6 Å². The summed E-state index contributed by atoms with van der Waals surface area (Å²) in [6.07, 6.45) is 0.840. The SMILES string of the molecule is CC(C)(C)OC(=O)N1C[C@@H]2C[C@H]1CN2CCC(=O)O. The Kier molecular flexibility index (Phi) is 3.71. The number of fused-ring (bicyclic) bond motifs is 2. The molecule has 0 saturated carbocycles. The predicted molar refractivity (Wildman–Crippen MR) is 69.0 cm³/mol. The first-order valence-corrected chi connectivity index (χ1v) is 6.72. The summed E-state index contributed by atoms with van der Waals surface area (Å²) in [4.78, 5) is 26.5. The molecular weight excluding hydrogens is 248 g/mol. The lowest BCUT2D eigenvalue weighted by Crippen LogP contribution is -2.50. The standard InChI is InChI=1S/C13H22N2O4/c1-13(2,3)19-12(18)15-8-9-6-10(15)7-14(9)5-4-11(16)17/h9-10H,4-8H2,1-3H3,(H,16,17)/t9-,10-/m0/s1. The highest BCUT2D eigenvalue weighted by Crippen LogP contribution is 2.31. The average Bonchev–Trinajstić information content (AvgIpc) is 2.82. The minimum absolute atomic E-state index is 0.162. The van der Waals surface area contributed by atoms with Gasteiger partial charge >= 0.3 is 12.1 Å². The van der Waals surface area contributed by atoms with E-state index in [1.54, 1.807) is 4.90 Å². The molecule has 0 aromatic carbocycles. The van der Waals surface area contributed by atoms with E-state index in [0.717, 1.165) is 13.0 Å². The van der Waals surface area contributed by atoms with Crippen molar-refractivity contribution in [1.82, 2.24) is 9.80 Å². The summed E-state index contributed by atoms with van der Waals surface area (Å²) in [5.74, 6) is -0.772. The number of hydrogen-bond acceptors (Lipinski definition) is 4. The number of amides is 1. The maximum atomic E-state index is 12.0. The Morgan fingerprint density at radius 1 is 1.26 bits per heavy atom. The zero-order valence-electron chi connectivity index (χ0n) is 11.8. The number of carbonyl (C=O) groups is 2. The summed E-state index contributed by atoms with van der Waals surface area (Å²) in [5.41, 5.74) is -0.470. The van der Waals surface area contributed by atoms with Crippen LogP contribution in [0.25, 0.3) is 0 Å². The zero-order chi connectivity index (χ0) is 14.2. The summed E-state index contributed by atoms with van der Waals surface area (Å²) in [6, 6.07) is 0.463. The van der Waals surface area contributed by atoms with Crippen LogP contribution in [0.1, 0.15) is 33.6 Å². The predicted octanol–water partition coefficient (Wildman–Crippen LogP) is 1.15. The summed E-state index contributed by atoms with van der Waals surface area (Å²) >= 11 is 0. The minimum Gasteiger partial charge on any atom is -0.481 e. The lowest BCUT2D eigenvalue weighted by molar-refractivity contribution is -0.137. The van der Waals surface area contributed by atoms with Gasteiger partial charge in [-0.3, -0.25) is 9.69 Å². The molecule has 2 aliphatic rings. The van der Waals surface area contributed by atoms with Gasteiger partial charge in [0.15, 0.2) is 0 Å². The second-order valence-corrected chi connectivity index (χ2v) is 6.31. The van der Waals surface area contributed by atoms with Gasteiger partial charge in [-0.1, -0.05) is 0 Å². The molecule has 0 aromatic rings. The summed E-state index contributed by atoms with van der Waals surface area (Å²) < 4.78 is 5.38. The van der Waals surface area contributed by atoms with Crippen LogP contribution in [-0.2, 0) is 9.53 Å². The zero-order valence-corrected chi connectivity index (χ0v) is 11.8. The number of piperazine rings is 1. The number of carboxylic acids is 1. The molecule has 2 aliphatic heterocycles. The topological polar surface area (TPSA) is 70.1 Å². The van der Waals surface area contributed by atoms with Crippen LogP contribution in [0.15, 0.2) is 0 Å². The van der Waals surface area contributed by atoms with Crippen molar-refractivity contribution in [1.29, 1.82) is 0 Å². The van der Waals surface area contributed by atoms with Crippen molar-refractivity contribution in [2.24, 2.45) is 0 Å². The van der Waals surface area contributed by atoms with Crippen molar-refractivity contribution in [2.45, 2.75) is 51.3 Å². The lowest BCUT2D eigenvalue weighted by atomic mass is 10.2. The van der Waals surface area contributed by atoms with E-state index < -0.39 is 11.6 Å². The number of nitrogens with zero attached hydrogens (tertiary/aromatic N) is 2. The van der Waals surface area contributed by atoms with Gasteiger partial charge in [0.1, 0.15) is 5.60 Å². The van der Waals surface area contributed by atoms with Gasteiger partial charge in [0, 0.05) is 31.7 Å². The van der Waals surface area contributed by atoms with Crippen molar-refractivity contribution in [3.05, 3.63) is 0 Å². The number of aliphatic carboxylic acids is 1. The fraction of sp³-hybridized carbons (Fsp3) is 0.846. The third-order valence-electron chi connectivity index (χ3n) is 3.59. The van der Waals surface area contributed by atoms with E-state index in [0.29, 0.717) is 13.1 Å². The number of carboxylic acid groups (broad SMARTS) is 1. The molecule has 0 aliphatic carbocycles. The van der Waals surface area contributed by atoms with E-state index >= 15 is 0 Å². The van der Waals surface area contributed by atoms with Crippen LogP contribution >= 0.6 is 0 Å². The molecule has 6 heteroatoms. The van der Waals surface area contributed by atoms with Gasteiger partial charge in [0.25, 0.3) is 0 Å². The molecule has 108 valence electrons. The van der Waals surface area contributed by atoms with Crippen molar-refractivity contribution in [2.75, 3.05) is 19.6 Å². The van der Waals surface area contributed by atoms with E-state index in [2.05, 4.69) is 4.90 Å². The number of likely N-dealkylation sites (tertiary alicyclic amines) is 2. The van der Waals surface area contributed by atoms with Gasteiger partial charge in [0.2, 0.25) is 0 Å². The Labute approximate surface area is 113 Å². The molecule has 6 nitrogen and oxygen atoms in total. The van der Waals surface area contributed by atoms with Crippen LogP contribution < -0.4 is 0 Å². The maximum Gasteiger partial charge on any atom is 0.410 e. The van der Waals surface area contributed by atoms with Gasteiger partial charge in [0.05, 0.1) is 6.42 Å². The smallest absolute Gasteiger partial charge is 0.410 e. The first kappa shape index (κ1) is 14.1. The molecule has 2 fully saturated rings. The maximum absolute atomic E-state index is 12.0. The molecule has 2 atom stereocenters. The Morgan fingerprint density at radius 3 is 2.42 bits per heavy atom. The molecule has 19 heavy (non-hydrogen) atoms. The highest BCUT2D eigenvalue weighted by Gasteiger charge is 2.46. The Balaban J connectivity index is 1.85. The van der Waals surface area contributed by atoms with Crippen LogP contribution in [0, 0.1) is 0 Å². The first-order chi connectivity index (χ1) is 8.76. The number of hydrogen-bond donors (Lipinski definition) is 1. The quantitative estimate of drug-likeness (QED) is 0.833. The molecule has 0 spiro atoms. The normalized spacial score (nSPS) is 26.8. The molecule has 1 N–H and O–H groups in total. The van der Waals surface area contributed by atoms with Crippen molar-refractivity contribution >= 4 is 12.1 Å². The van der Waals surface area contributed by atoms with Gasteiger partial charge in [-0.15, -0.1) is 0 Å². The van der Waals surface area contributed by atoms with Crippen molar-refractivity contribution in [3.63, 3.8) is 0 Å². The lowest BCUT2D eigenvalue weighted by Gasteiger charge is -2.34. The fourth-order valence-electron chi connectivity index (χ4n) is 2.81. The molecule has 0 aromatic heterocycles. The molecule has 2 rings (SSSR count). The van der Waals surface area contributed by atoms with Crippen LogP contribution in [0.5, 0.6) is 0 Å². The second kappa shape index (κ2) is 5.00. The first-order valence-electron chi connectivity index (χ1n) is 6.72. The number of ether oxygens (including phenoxy) is 1. The monoisotopic (exact) mass is 270 g/mol. The van der Waals surface area contributed by atoms with Crippen LogP contribution in [0.3, 0.4) is 0 Å². The van der Waals surface area contributed by atoms with E-state index in [9.17, 15) is 9.59 Å². The molecule has 2 bridgehead atoms. The van der Waals surface area contributed by atoms with Crippen molar-refractivity contribution < 1.29 is 19.4 Å². The van der Waals surface area contributed by atoms with Crippen LogP contribution in [-0.4, -0.2) is 64.3 Å². The Bertz CT molecular complexity index is 377. The second-order valence-electron chi connectivity index (χ2n) is 6.31. The van der Waals surface area contributed by atoms with Gasteiger partial charge in [-0.25, -0.2) is 4.79 Å². The molecule has 0 unspecified atom stereocenters. The molecule has 1 amide bonds.